The summed E-state index contributed by atoms with van der Waals surface area (Å²) < 4.78 is 0.892. The Hall–Kier alpha value is -0.0600. The molecule has 0 N–H and O–H groups in total. The highest BCUT2D eigenvalue weighted by Gasteiger charge is 2.43. The molecule has 102 valence electrons. The van der Waals surface area contributed by atoms with Crippen molar-refractivity contribution in [3.8, 4) is 0 Å². The molecule has 0 spiro atoms. The fourth-order valence-corrected chi connectivity index (χ4v) is 4.67. The number of halogens is 3. The van der Waals surface area contributed by atoms with Crippen molar-refractivity contribution in [3.05, 3.63) is 33.3 Å². The molecule has 1 aromatic rings. The number of benzene rings is 1. The third-order valence-electron chi connectivity index (χ3n) is 4.07. The van der Waals surface area contributed by atoms with E-state index in [0.29, 0.717) is 27.5 Å². The van der Waals surface area contributed by atoms with E-state index in [0.717, 1.165) is 30.2 Å². The Bertz CT molecular complexity index is 508. The average Bonchev–Trinajstić information content (AvgIpc) is 2.64. The first-order valence-corrected chi connectivity index (χ1v) is 8.56. The lowest BCUT2D eigenvalue weighted by molar-refractivity contribution is 0.0603. The second-order valence-electron chi connectivity index (χ2n) is 5.29. The maximum absolute atomic E-state index is 12.7. The molecule has 2 bridgehead atoms. The fourth-order valence-electron chi connectivity index (χ4n) is 3.24. The van der Waals surface area contributed by atoms with E-state index in [4.69, 9.17) is 11.6 Å². The Morgan fingerprint density at radius 2 is 1.89 bits per heavy atom. The van der Waals surface area contributed by atoms with E-state index in [1.165, 1.54) is 0 Å². The maximum atomic E-state index is 12.7. The van der Waals surface area contributed by atoms with Crippen LogP contribution in [0.1, 0.15) is 36.0 Å². The molecule has 0 aromatic heterocycles. The Kier molecular flexibility index (Phi) is 3.93. The van der Waals surface area contributed by atoms with Gasteiger partial charge in [-0.1, -0.05) is 43.5 Å². The van der Waals surface area contributed by atoms with E-state index >= 15 is 0 Å². The number of amides is 1. The first kappa shape index (κ1) is 13.9. The Labute approximate surface area is 134 Å². The fraction of sp³-hybridized carbons (Fsp3) is 0.500. The van der Waals surface area contributed by atoms with E-state index in [1.807, 2.05) is 12.1 Å². The van der Waals surface area contributed by atoms with Gasteiger partial charge in [-0.2, -0.15) is 0 Å². The quantitative estimate of drug-likeness (QED) is 0.622. The number of rotatable bonds is 1. The van der Waals surface area contributed by atoms with Gasteiger partial charge in [0.05, 0.1) is 10.6 Å². The molecule has 2 aliphatic heterocycles. The lowest BCUT2D eigenvalue weighted by Crippen LogP contribution is -2.46. The third kappa shape index (κ3) is 2.59. The molecular weight excluding hydrogens is 393 g/mol. The van der Waals surface area contributed by atoms with E-state index in [9.17, 15) is 4.79 Å². The third-order valence-corrected chi connectivity index (χ3v) is 5.64. The van der Waals surface area contributed by atoms with Crippen LogP contribution in [0, 0.1) is 0 Å². The summed E-state index contributed by atoms with van der Waals surface area (Å²) in [7, 11) is 0. The van der Waals surface area contributed by atoms with Crippen molar-refractivity contribution in [3.63, 3.8) is 0 Å². The van der Waals surface area contributed by atoms with Crippen LogP contribution in [-0.2, 0) is 0 Å². The predicted octanol–water partition coefficient (Wildman–Crippen LogP) is 4.63. The predicted molar refractivity (Wildman–Crippen MR) is 84.1 cm³/mol. The summed E-state index contributed by atoms with van der Waals surface area (Å²) in [4.78, 5) is 15.4. The molecule has 2 heterocycles. The lowest BCUT2D eigenvalue weighted by Gasteiger charge is -2.37. The van der Waals surface area contributed by atoms with Crippen LogP contribution < -0.4 is 0 Å². The molecule has 2 nitrogen and oxygen atoms in total. The number of hydrogen-bond donors (Lipinski definition) is 0. The summed E-state index contributed by atoms with van der Waals surface area (Å²) in [6, 6.07) is 6.19. The number of hydrogen-bond acceptors (Lipinski definition) is 1. The van der Waals surface area contributed by atoms with Crippen LogP contribution in [0.25, 0.3) is 0 Å². The second kappa shape index (κ2) is 5.38. The molecule has 2 unspecified atom stereocenters. The number of piperidine rings is 1. The van der Waals surface area contributed by atoms with Crippen molar-refractivity contribution in [1.29, 1.82) is 0 Å². The molecule has 19 heavy (non-hydrogen) atoms. The van der Waals surface area contributed by atoms with Gasteiger partial charge in [-0.05, 0) is 43.9 Å². The van der Waals surface area contributed by atoms with Gasteiger partial charge < -0.3 is 4.90 Å². The van der Waals surface area contributed by atoms with Gasteiger partial charge in [0.25, 0.3) is 5.91 Å². The van der Waals surface area contributed by atoms with Crippen LogP contribution in [0.3, 0.4) is 0 Å². The molecule has 2 fully saturated rings. The topological polar surface area (TPSA) is 20.3 Å². The largest absolute Gasteiger partial charge is 0.333 e. The number of fused-ring (bicyclic) bond motifs is 2. The molecule has 0 aliphatic carbocycles. The van der Waals surface area contributed by atoms with Gasteiger partial charge in [0.1, 0.15) is 0 Å². The highest BCUT2D eigenvalue weighted by atomic mass is 79.9. The lowest BCUT2D eigenvalue weighted by atomic mass is 10.0. The number of alkyl halides is 1. The summed E-state index contributed by atoms with van der Waals surface area (Å²) >= 11 is 13.3. The molecule has 2 saturated heterocycles. The van der Waals surface area contributed by atoms with Crippen molar-refractivity contribution in [2.24, 2.45) is 0 Å². The van der Waals surface area contributed by atoms with Gasteiger partial charge in [-0.3, -0.25) is 4.79 Å². The summed E-state index contributed by atoms with van der Waals surface area (Å²) in [6.45, 7) is 0. The molecular formula is C14H14Br2ClNO. The minimum atomic E-state index is 0.0817. The summed E-state index contributed by atoms with van der Waals surface area (Å²) in [5.74, 6) is 0.0817. The molecule has 0 saturated carbocycles. The smallest absolute Gasteiger partial charge is 0.255 e. The number of carbonyl (C=O) groups excluding carboxylic acids is 1. The van der Waals surface area contributed by atoms with Crippen LogP contribution in [0.4, 0.5) is 0 Å². The Morgan fingerprint density at radius 1 is 1.26 bits per heavy atom. The minimum Gasteiger partial charge on any atom is -0.333 e. The van der Waals surface area contributed by atoms with Gasteiger partial charge in [-0.15, -0.1) is 0 Å². The molecule has 0 radical (unpaired) electrons. The SMILES string of the molecule is O=C(c1cc(Br)ccc1Cl)N1C2CCC1CC(Br)C2. The normalized spacial score (nSPS) is 29.6. The highest BCUT2D eigenvalue weighted by molar-refractivity contribution is 9.10. The standard InChI is InChI=1S/C14H14Br2ClNO/c15-8-1-4-13(17)12(7-8)14(19)18-10-2-3-11(18)6-9(16)5-10/h1,4,7,9-11H,2-3,5-6H2. The summed E-state index contributed by atoms with van der Waals surface area (Å²) in [5.41, 5.74) is 0.612. The van der Waals surface area contributed by atoms with Gasteiger partial charge in [0.15, 0.2) is 0 Å². The first-order chi connectivity index (χ1) is 9.06. The average molecular weight is 408 g/mol. The second-order valence-corrected chi connectivity index (χ2v) is 7.91. The molecule has 2 aliphatic rings. The van der Waals surface area contributed by atoms with Crippen LogP contribution in [0.5, 0.6) is 0 Å². The molecule has 5 heteroatoms. The van der Waals surface area contributed by atoms with Crippen molar-refractivity contribution in [2.75, 3.05) is 0 Å². The highest BCUT2D eigenvalue weighted by Crippen LogP contribution is 2.40. The van der Waals surface area contributed by atoms with E-state index in [2.05, 4.69) is 36.8 Å². The maximum Gasteiger partial charge on any atom is 0.255 e. The molecule has 1 amide bonds. The van der Waals surface area contributed by atoms with Crippen molar-refractivity contribution in [2.45, 2.75) is 42.6 Å². The zero-order valence-corrected chi connectivity index (χ0v) is 14.2. The Morgan fingerprint density at radius 3 is 2.53 bits per heavy atom. The van der Waals surface area contributed by atoms with Crippen molar-refractivity contribution in [1.82, 2.24) is 4.90 Å². The first-order valence-electron chi connectivity index (χ1n) is 6.48. The van der Waals surface area contributed by atoms with Gasteiger partial charge in [-0.25, -0.2) is 0 Å². The minimum absolute atomic E-state index is 0.0817. The molecule has 2 atom stereocenters. The molecule has 1 aromatic carbocycles. The van der Waals surface area contributed by atoms with Crippen LogP contribution in [0.15, 0.2) is 22.7 Å². The zero-order valence-electron chi connectivity index (χ0n) is 10.3. The molecule has 3 rings (SSSR count). The Balaban J connectivity index is 1.90. The van der Waals surface area contributed by atoms with Gasteiger partial charge in [0.2, 0.25) is 0 Å². The van der Waals surface area contributed by atoms with Crippen molar-refractivity contribution >= 4 is 49.4 Å². The zero-order chi connectivity index (χ0) is 13.6. The summed E-state index contributed by atoms with van der Waals surface area (Å²) in [5, 5.41) is 0.536. The van der Waals surface area contributed by atoms with E-state index < -0.39 is 0 Å². The number of nitrogens with zero attached hydrogens (tertiary/aromatic N) is 1. The monoisotopic (exact) mass is 405 g/mol. The van der Waals surface area contributed by atoms with Gasteiger partial charge in [0, 0.05) is 21.4 Å². The van der Waals surface area contributed by atoms with Crippen molar-refractivity contribution < 1.29 is 4.79 Å². The van der Waals surface area contributed by atoms with Gasteiger partial charge >= 0.3 is 0 Å². The summed E-state index contributed by atoms with van der Waals surface area (Å²) in [6.07, 6.45) is 4.33. The van der Waals surface area contributed by atoms with Crippen LogP contribution in [-0.4, -0.2) is 27.7 Å². The van der Waals surface area contributed by atoms with Crippen LogP contribution >= 0.6 is 43.5 Å². The number of carbonyl (C=O) groups is 1. The van der Waals surface area contributed by atoms with E-state index in [1.54, 1.807) is 6.07 Å². The van der Waals surface area contributed by atoms with E-state index in [-0.39, 0.29) is 5.91 Å². The van der Waals surface area contributed by atoms with Crippen LogP contribution in [0.2, 0.25) is 5.02 Å².